The van der Waals surface area contributed by atoms with E-state index in [2.05, 4.69) is 32.3 Å². The van der Waals surface area contributed by atoms with Gasteiger partial charge in [0.2, 0.25) is 17.7 Å². The molecule has 0 aliphatic carbocycles. The number of nitrogens with one attached hydrogen (secondary N) is 2. The zero-order valence-corrected chi connectivity index (χ0v) is 32.8. The molecule has 3 aromatic heterocycles. The van der Waals surface area contributed by atoms with Gasteiger partial charge in [-0.2, -0.15) is 0 Å². The highest BCUT2D eigenvalue weighted by molar-refractivity contribution is 6.06. The third-order valence-electron chi connectivity index (χ3n) is 11.9. The third kappa shape index (κ3) is 7.40. The van der Waals surface area contributed by atoms with Gasteiger partial charge in [-0.15, -0.1) is 0 Å². The lowest BCUT2D eigenvalue weighted by atomic mass is 9.99. The predicted octanol–water partition coefficient (Wildman–Crippen LogP) is 5.01. The molecule has 5 aromatic rings. The fraction of sp³-hybridized carbons (Fsp3) is 0.333. The number of rotatable bonds is 9. The van der Waals surface area contributed by atoms with Gasteiger partial charge in [0.05, 0.1) is 23.6 Å². The minimum absolute atomic E-state index is 0.0559. The zero-order valence-electron chi connectivity index (χ0n) is 32.8. The van der Waals surface area contributed by atoms with Crippen LogP contribution in [0.15, 0.2) is 73.1 Å². The Morgan fingerprint density at radius 3 is 2.58 bits per heavy atom. The molecule has 1 atom stereocenters. The maximum atomic E-state index is 13.1. The van der Waals surface area contributed by atoms with E-state index in [9.17, 15) is 24.0 Å². The van der Waals surface area contributed by atoms with Crippen LogP contribution >= 0.6 is 0 Å². The zero-order chi connectivity index (χ0) is 40.6. The summed E-state index contributed by atoms with van der Waals surface area (Å²) in [4.78, 5) is 80.6. The molecule has 9 rings (SSSR count). The number of amides is 5. The van der Waals surface area contributed by atoms with Gasteiger partial charge in [0.25, 0.3) is 11.8 Å². The Labute approximate surface area is 340 Å². The number of imide groups is 1. The topological polar surface area (TPSA) is 169 Å². The van der Waals surface area contributed by atoms with Crippen molar-refractivity contribution in [1.82, 2.24) is 40.0 Å². The van der Waals surface area contributed by atoms with E-state index in [1.54, 1.807) is 25.3 Å². The van der Waals surface area contributed by atoms with Gasteiger partial charge < -0.3 is 24.4 Å². The fourth-order valence-corrected chi connectivity index (χ4v) is 8.70. The van der Waals surface area contributed by atoms with Crippen molar-refractivity contribution in [2.75, 3.05) is 26.3 Å². The molecule has 0 radical (unpaired) electrons. The molecule has 2 fully saturated rings. The first-order chi connectivity index (χ1) is 28.7. The highest BCUT2D eigenvalue weighted by Crippen LogP contribution is 2.38. The van der Waals surface area contributed by atoms with Crippen molar-refractivity contribution >= 4 is 46.4 Å². The molecule has 59 heavy (non-hydrogen) atoms. The maximum absolute atomic E-state index is 13.1. The molecule has 0 bridgehead atoms. The molecule has 14 heteroatoms. The minimum Gasteiger partial charge on any atom is -0.381 e. The summed E-state index contributed by atoms with van der Waals surface area (Å²) in [6.45, 7) is 5.64. The average molecular weight is 793 g/mol. The second kappa shape index (κ2) is 16.0. The van der Waals surface area contributed by atoms with Crippen LogP contribution in [0.4, 0.5) is 0 Å². The number of carbonyl (C=O) groups is 5. The van der Waals surface area contributed by atoms with Crippen molar-refractivity contribution in [1.29, 1.82) is 0 Å². The normalized spacial score (nSPS) is 18.3. The van der Waals surface area contributed by atoms with E-state index in [0.717, 1.165) is 88.5 Å². The van der Waals surface area contributed by atoms with Crippen LogP contribution in [0.1, 0.15) is 88.4 Å². The predicted molar refractivity (Wildman–Crippen MR) is 219 cm³/mol. The van der Waals surface area contributed by atoms with Crippen LogP contribution in [0.25, 0.3) is 39.4 Å². The van der Waals surface area contributed by atoms with E-state index in [-0.39, 0.29) is 30.0 Å². The first kappa shape index (κ1) is 38.0. The molecule has 0 saturated carbocycles. The second-order valence-electron chi connectivity index (χ2n) is 15.5. The molecule has 2 aromatic carbocycles. The van der Waals surface area contributed by atoms with Crippen LogP contribution in [0.2, 0.25) is 0 Å². The standard InChI is InChI=1S/C45H44N8O6/c1-27(54)51-18-19-52-39(26-51)41(50-42(52)29-15-20-59-21-16-29)32-9-5-8-30-22-37(48-24-34(30)32)31-11-12-36(47-23-31)43(56)46-17-3-2-6-28-7-4-10-33-35(28)25-53(45(33)58)38-13-14-40(55)49-44(38)57/h2,4-12,22-24,29,38H,3,13-21,25-26H2,1H3,(H,46,56)(H,49,55,57)/b6-2-. The highest BCUT2D eigenvalue weighted by Gasteiger charge is 2.39. The van der Waals surface area contributed by atoms with Gasteiger partial charge in [-0.3, -0.25) is 39.3 Å². The molecule has 5 amide bonds. The molecule has 2 saturated heterocycles. The summed E-state index contributed by atoms with van der Waals surface area (Å²) in [7, 11) is 0. The number of pyridine rings is 2. The van der Waals surface area contributed by atoms with Crippen molar-refractivity contribution in [3.63, 3.8) is 0 Å². The first-order valence-corrected chi connectivity index (χ1v) is 20.2. The summed E-state index contributed by atoms with van der Waals surface area (Å²) >= 11 is 0. The van der Waals surface area contributed by atoms with E-state index in [1.807, 2.05) is 53.6 Å². The average Bonchev–Trinajstić information content (AvgIpc) is 3.81. The van der Waals surface area contributed by atoms with Crippen molar-refractivity contribution in [2.45, 2.75) is 70.6 Å². The Bertz CT molecular complexity index is 2540. The molecule has 7 heterocycles. The summed E-state index contributed by atoms with van der Waals surface area (Å²) in [5.41, 5.74) is 6.98. The number of benzene rings is 2. The minimum atomic E-state index is -0.669. The van der Waals surface area contributed by atoms with Crippen molar-refractivity contribution in [2.24, 2.45) is 0 Å². The molecule has 1 unspecified atom stereocenters. The summed E-state index contributed by atoms with van der Waals surface area (Å²) in [6, 6.07) is 16.5. The van der Waals surface area contributed by atoms with Gasteiger partial charge >= 0.3 is 0 Å². The molecule has 14 nitrogen and oxygen atoms in total. The van der Waals surface area contributed by atoms with E-state index in [1.165, 1.54) is 4.90 Å². The van der Waals surface area contributed by atoms with E-state index < -0.39 is 11.9 Å². The first-order valence-electron chi connectivity index (χ1n) is 20.2. The Hall–Kier alpha value is -6.54. The van der Waals surface area contributed by atoms with E-state index in [0.29, 0.717) is 56.2 Å². The van der Waals surface area contributed by atoms with Gasteiger partial charge in [-0.1, -0.05) is 42.5 Å². The quantitative estimate of drug-likeness (QED) is 0.154. The van der Waals surface area contributed by atoms with Crippen molar-refractivity contribution in [3.8, 4) is 22.5 Å². The molecule has 300 valence electrons. The molecule has 4 aliphatic heterocycles. The van der Waals surface area contributed by atoms with Crippen LogP contribution in [0, 0.1) is 0 Å². The van der Waals surface area contributed by atoms with Crippen molar-refractivity contribution in [3.05, 3.63) is 107 Å². The van der Waals surface area contributed by atoms with Gasteiger partial charge in [0, 0.05) is 93.1 Å². The Morgan fingerprint density at radius 2 is 1.78 bits per heavy atom. The van der Waals surface area contributed by atoms with Gasteiger partial charge in [-0.05, 0) is 66.5 Å². The molecule has 2 N–H and O–H groups in total. The fourth-order valence-electron chi connectivity index (χ4n) is 8.70. The summed E-state index contributed by atoms with van der Waals surface area (Å²) < 4.78 is 7.98. The van der Waals surface area contributed by atoms with Gasteiger partial charge in [0.1, 0.15) is 17.6 Å². The van der Waals surface area contributed by atoms with Gasteiger partial charge in [-0.25, -0.2) is 4.98 Å². The number of ether oxygens (including phenoxy) is 1. The van der Waals surface area contributed by atoms with Crippen molar-refractivity contribution < 1.29 is 28.7 Å². The smallest absolute Gasteiger partial charge is 0.269 e. The molecule has 0 spiro atoms. The van der Waals surface area contributed by atoms with Crippen LogP contribution in [0.5, 0.6) is 0 Å². The number of fused-ring (bicyclic) bond motifs is 3. The molecular weight excluding hydrogens is 749 g/mol. The third-order valence-corrected chi connectivity index (χ3v) is 11.9. The van der Waals surface area contributed by atoms with Crippen LogP contribution in [-0.4, -0.2) is 91.2 Å². The monoisotopic (exact) mass is 792 g/mol. The number of hydrogen-bond acceptors (Lipinski definition) is 9. The van der Waals surface area contributed by atoms with E-state index >= 15 is 0 Å². The van der Waals surface area contributed by atoms with E-state index in [4.69, 9.17) is 14.7 Å². The maximum Gasteiger partial charge on any atom is 0.269 e. The number of imidazole rings is 1. The largest absolute Gasteiger partial charge is 0.381 e. The molecule has 4 aliphatic rings. The second-order valence-corrected chi connectivity index (χ2v) is 15.5. The summed E-state index contributed by atoms with van der Waals surface area (Å²) in [6.07, 6.45) is 10.3. The number of nitrogens with zero attached hydrogens (tertiary/aromatic N) is 6. The Balaban J connectivity index is 0.852. The number of piperidine rings is 1. The number of hydrogen-bond donors (Lipinski definition) is 2. The SMILES string of the molecule is CC(=O)N1CCn2c(C3CCOCC3)nc(-c3cccc4cc(-c5ccc(C(=O)NCC/C=C\c6cccc7c6CN(C6CCC(=O)NC6=O)C7=O)nc5)ncc34)c2C1. The van der Waals surface area contributed by atoms with Crippen LogP contribution in [-0.2, 0) is 38.8 Å². The number of aromatic nitrogens is 4. The lowest BCUT2D eigenvalue weighted by molar-refractivity contribution is -0.137. The molecular formula is C45H44N8O6. The van der Waals surface area contributed by atoms with Crippen LogP contribution < -0.4 is 10.6 Å². The number of carbonyl (C=O) groups excluding carboxylic acids is 5. The highest BCUT2D eigenvalue weighted by atomic mass is 16.5. The summed E-state index contributed by atoms with van der Waals surface area (Å²) in [5.74, 6) is 0.181. The Kier molecular flexibility index (Phi) is 10.3. The lowest BCUT2D eigenvalue weighted by Gasteiger charge is -2.30. The van der Waals surface area contributed by atoms with Crippen LogP contribution in [0.3, 0.4) is 0 Å². The summed E-state index contributed by atoms with van der Waals surface area (Å²) in [5, 5.41) is 7.22. The lowest BCUT2D eigenvalue weighted by Crippen LogP contribution is -2.52. The van der Waals surface area contributed by atoms with Gasteiger partial charge in [0.15, 0.2) is 0 Å². The Morgan fingerprint density at radius 1 is 0.949 bits per heavy atom.